The number of hydrogen-bond donors (Lipinski definition) is 3. The van der Waals surface area contributed by atoms with Crippen LogP contribution >= 0.6 is 0 Å². The fourth-order valence-corrected chi connectivity index (χ4v) is 3.22. The van der Waals surface area contributed by atoms with Crippen LogP contribution in [0.4, 0.5) is 4.79 Å². The average Bonchev–Trinajstić information content (AvgIpc) is 2.45. The first-order valence-corrected chi connectivity index (χ1v) is 7.93. The first-order chi connectivity index (χ1) is 10.0. The second-order valence-electron chi connectivity index (χ2n) is 6.31. The van der Waals surface area contributed by atoms with E-state index in [4.69, 9.17) is 9.84 Å². The van der Waals surface area contributed by atoms with Crippen LogP contribution in [-0.2, 0) is 9.53 Å². The topological polar surface area (TPSA) is 87.7 Å². The molecule has 2 aliphatic rings. The normalized spacial score (nSPS) is 33.2. The van der Waals surface area contributed by atoms with Crippen LogP contribution in [0.5, 0.6) is 0 Å². The summed E-state index contributed by atoms with van der Waals surface area (Å²) in [5.74, 6) is -0.480. The van der Waals surface area contributed by atoms with Crippen molar-refractivity contribution in [1.82, 2.24) is 10.6 Å². The van der Waals surface area contributed by atoms with E-state index < -0.39 is 5.97 Å². The Kier molecular flexibility index (Phi) is 5.85. The van der Waals surface area contributed by atoms with E-state index in [-0.39, 0.29) is 24.1 Å². The predicted molar refractivity (Wildman–Crippen MR) is 78.1 cm³/mol. The highest BCUT2D eigenvalue weighted by molar-refractivity contribution is 5.74. The second-order valence-corrected chi connectivity index (χ2v) is 6.31. The molecule has 6 nitrogen and oxygen atoms in total. The summed E-state index contributed by atoms with van der Waals surface area (Å²) >= 11 is 0. The Labute approximate surface area is 125 Å². The number of nitrogens with one attached hydrogen (secondary N) is 2. The maximum atomic E-state index is 11.9. The number of rotatable bonds is 4. The van der Waals surface area contributed by atoms with E-state index in [0.717, 1.165) is 38.5 Å². The van der Waals surface area contributed by atoms with Gasteiger partial charge >= 0.3 is 12.0 Å². The highest BCUT2D eigenvalue weighted by Gasteiger charge is 2.26. The first kappa shape index (κ1) is 16.1. The smallest absolute Gasteiger partial charge is 0.315 e. The molecule has 2 amide bonds. The Morgan fingerprint density at radius 3 is 2.52 bits per heavy atom. The van der Waals surface area contributed by atoms with Crippen LogP contribution in [0.2, 0.25) is 0 Å². The summed E-state index contributed by atoms with van der Waals surface area (Å²) in [5.41, 5.74) is 0. The molecular formula is C15H26N2O4. The van der Waals surface area contributed by atoms with Crippen molar-refractivity contribution < 1.29 is 19.4 Å². The third kappa shape index (κ3) is 5.19. The monoisotopic (exact) mass is 298 g/mol. The molecule has 0 spiro atoms. The van der Waals surface area contributed by atoms with E-state index in [1.165, 1.54) is 0 Å². The molecular weight excluding hydrogens is 272 g/mol. The molecule has 2 fully saturated rings. The van der Waals surface area contributed by atoms with Gasteiger partial charge < -0.3 is 20.5 Å². The van der Waals surface area contributed by atoms with Gasteiger partial charge in [0.15, 0.2) is 0 Å². The Morgan fingerprint density at radius 2 is 1.90 bits per heavy atom. The van der Waals surface area contributed by atoms with Gasteiger partial charge in [-0.2, -0.15) is 0 Å². The van der Waals surface area contributed by atoms with Crippen molar-refractivity contribution in [2.24, 2.45) is 11.8 Å². The van der Waals surface area contributed by atoms with Crippen LogP contribution in [0.25, 0.3) is 0 Å². The van der Waals surface area contributed by atoms with Gasteiger partial charge in [0.2, 0.25) is 0 Å². The fourth-order valence-electron chi connectivity index (χ4n) is 3.22. The minimum Gasteiger partial charge on any atom is -0.481 e. The molecule has 1 heterocycles. The third-order valence-corrected chi connectivity index (χ3v) is 4.57. The van der Waals surface area contributed by atoms with E-state index >= 15 is 0 Å². The van der Waals surface area contributed by atoms with Gasteiger partial charge in [0.25, 0.3) is 0 Å². The van der Waals surface area contributed by atoms with E-state index in [2.05, 4.69) is 10.6 Å². The molecule has 120 valence electrons. The van der Waals surface area contributed by atoms with Crippen molar-refractivity contribution in [1.29, 1.82) is 0 Å². The molecule has 0 aromatic heterocycles. The van der Waals surface area contributed by atoms with Gasteiger partial charge in [0.1, 0.15) is 0 Å². The van der Waals surface area contributed by atoms with E-state index in [0.29, 0.717) is 19.1 Å². The second kappa shape index (κ2) is 7.64. The van der Waals surface area contributed by atoms with Gasteiger partial charge in [-0.05, 0) is 51.4 Å². The summed E-state index contributed by atoms with van der Waals surface area (Å²) in [6, 6.07) is 0.0750. The van der Waals surface area contributed by atoms with E-state index in [9.17, 15) is 9.59 Å². The molecule has 2 atom stereocenters. The largest absolute Gasteiger partial charge is 0.481 e. The fraction of sp³-hybridized carbons (Fsp3) is 0.867. The minimum atomic E-state index is -0.687. The molecule has 1 aliphatic carbocycles. The Morgan fingerprint density at radius 1 is 1.19 bits per heavy atom. The molecule has 6 heteroatoms. The highest BCUT2D eigenvalue weighted by atomic mass is 16.5. The number of carboxylic acid groups (broad SMARTS) is 1. The average molecular weight is 298 g/mol. The Balaban J connectivity index is 1.62. The third-order valence-electron chi connectivity index (χ3n) is 4.57. The van der Waals surface area contributed by atoms with Crippen molar-refractivity contribution >= 4 is 12.0 Å². The molecule has 0 bridgehead atoms. The zero-order chi connectivity index (χ0) is 15.2. The lowest BCUT2D eigenvalue weighted by Gasteiger charge is -2.29. The van der Waals surface area contributed by atoms with Crippen LogP contribution < -0.4 is 10.6 Å². The van der Waals surface area contributed by atoms with Crippen molar-refractivity contribution in [3.63, 3.8) is 0 Å². The van der Waals surface area contributed by atoms with Crippen LogP contribution in [0.3, 0.4) is 0 Å². The maximum absolute atomic E-state index is 11.9. The van der Waals surface area contributed by atoms with Crippen LogP contribution in [0, 0.1) is 11.8 Å². The lowest BCUT2D eigenvalue weighted by atomic mass is 9.82. The van der Waals surface area contributed by atoms with Crippen molar-refractivity contribution in [2.45, 2.75) is 57.6 Å². The van der Waals surface area contributed by atoms with Gasteiger partial charge in [-0.25, -0.2) is 4.79 Å². The van der Waals surface area contributed by atoms with E-state index in [1.807, 2.05) is 6.92 Å². The zero-order valence-corrected chi connectivity index (χ0v) is 12.6. The number of carboxylic acids is 1. The molecule has 1 saturated carbocycles. The first-order valence-electron chi connectivity index (χ1n) is 7.93. The molecule has 2 rings (SSSR count). The molecule has 0 aromatic rings. The summed E-state index contributed by atoms with van der Waals surface area (Å²) in [6.07, 6.45) is 5.13. The van der Waals surface area contributed by atoms with Crippen molar-refractivity contribution in [3.05, 3.63) is 0 Å². The van der Waals surface area contributed by atoms with Crippen molar-refractivity contribution in [3.8, 4) is 0 Å². The molecule has 0 radical (unpaired) electrons. The summed E-state index contributed by atoms with van der Waals surface area (Å²) in [6.45, 7) is 3.36. The molecule has 1 aliphatic heterocycles. The molecule has 3 N–H and O–H groups in total. The standard InChI is InChI=1S/C15H26N2O4/c1-10-8-13(6-7-21-10)17-15(20)16-9-11-2-4-12(5-3-11)14(18)19/h10-13H,2-9H2,1H3,(H,18,19)(H2,16,17,20). The molecule has 21 heavy (non-hydrogen) atoms. The maximum Gasteiger partial charge on any atom is 0.315 e. The van der Waals surface area contributed by atoms with Gasteiger partial charge in [0, 0.05) is 19.2 Å². The van der Waals surface area contributed by atoms with Crippen LogP contribution in [0.1, 0.15) is 45.4 Å². The SMILES string of the molecule is CC1CC(NC(=O)NCC2CCC(C(=O)O)CC2)CCO1. The Bertz CT molecular complexity index is 367. The molecule has 1 saturated heterocycles. The highest BCUT2D eigenvalue weighted by Crippen LogP contribution is 2.28. The lowest BCUT2D eigenvalue weighted by molar-refractivity contribution is -0.143. The minimum absolute atomic E-state index is 0.116. The number of amides is 2. The molecule has 2 unspecified atom stereocenters. The number of carbonyl (C=O) groups is 2. The van der Waals surface area contributed by atoms with Gasteiger partial charge in [-0.15, -0.1) is 0 Å². The summed E-state index contributed by atoms with van der Waals surface area (Å²) in [4.78, 5) is 22.8. The number of hydrogen-bond acceptors (Lipinski definition) is 3. The number of ether oxygens (including phenoxy) is 1. The lowest BCUT2D eigenvalue weighted by Crippen LogP contribution is -2.47. The number of carbonyl (C=O) groups excluding carboxylic acids is 1. The summed E-state index contributed by atoms with van der Waals surface area (Å²) in [5, 5.41) is 14.9. The summed E-state index contributed by atoms with van der Waals surface area (Å²) in [7, 11) is 0. The molecule has 0 aromatic carbocycles. The predicted octanol–water partition coefficient (Wildman–Crippen LogP) is 1.74. The number of urea groups is 1. The van der Waals surface area contributed by atoms with E-state index in [1.54, 1.807) is 0 Å². The number of aliphatic carboxylic acids is 1. The van der Waals surface area contributed by atoms with Crippen LogP contribution in [-0.4, -0.2) is 42.4 Å². The van der Waals surface area contributed by atoms with Gasteiger partial charge in [-0.1, -0.05) is 0 Å². The quantitative estimate of drug-likeness (QED) is 0.738. The summed E-state index contributed by atoms with van der Waals surface area (Å²) < 4.78 is 5.45. The van der Waals surface area contributed by atoms with Gasteiger partial charge in [-0.3, -0.25) is 4.79 Å². The van der Waals surface area contributed by atoms with Gasteiger partial charge in [0.05, 0.1) is 12.0 Å². The van der Waals surface area contributed by atoms with Crippen molar-refractivity contribution in [2.75, 3.05) is 13.2 Å². The zero-order valence-electron chi connectivity index (χ0n) is 12.6. The Hall–Kier alpha value is -1.30. The van der Waals surface area contributed by atoms with Crippen LogP contribution in [0.15, 0.2) is 0 Å².